The minimum atomic E-state index is -0.498. The number of benzene rings is 4. The van der Waals surface area contributed by atoms with Crippen LogP contribution in [0.5, 0.6) is 0 Å². The SMILES string of the molecule is C[C@H](Nc1ncnc(N)c1C#N)c1nc2cccc(Cl)c2c(=O)n1-c1ccccc1.C[C@H](Nc1ncnc2nc[nH]c12)c1nc2cccc(Cl)c2c(=O)n1-c1ccccc1. The van der Waals surface area contributed by atoms with Gasteiger partial charge in [0.15, 0.2) is 11.5 Å². The molecule has 0 radical (unpaired) electrons. The molecule has 4 aromatic carbocycles. The Kier molecular flexibility index (Phi) is 10.8. The molecule has 0 saturated heterocycles. The molecule has 18 heteroatoms. The molecule has 5 aromatic heterocycles. The van der Waals surface area contributed by atoms with E-state index in [0.717, 1.165) is 0 Å². The summed E-state index contributed by atoms with van der Waals surface area (Å²) in [4.78, 5) is 60.0. The lowest BCUT2D eigenvalue weighted by molar-refractivity contribution is 0.730. The number of halogens is 2. The van der Waals surface area contributed by atoms with E-state index in [9.17, 15) is 14.9 Å². The van der Waals surface area contributed by atoms with E-state index in [2.05, 4.69) is 40.5 Å². The van der Waals surface area contributed by atoms with Gasteiger partial charge in [-0.3, -0.25) is 18.7 Å². The highest BCUT2D eigenvalue weighted by Crippen LogP contribution is 2.28. The number of nitriles is 1. The molecule has 0 saturated carbocycles. The van der Waals surface area contributed by atoms with Gasteiger partial charge in [0.05, 0.1) is 61.6 Å². The number of anilines is 3. The number of fused-ring (bicyclic) bond motifs is 3. The Bertz CT molecular complexity index is 3200. The van der Waals surface area contributed by atoms with E-state index in [-0.39, 0.29) is 34.4 Å². The number of H-pyrrole nitrogens is 1. The highest BCUT2D eigenvalue weighted by Gasteiger charge is 2.23. The molecule has 0 bridgehead atoms. The van der Waals surface area contributed by atoms with Gasteiger partial charge in [0.2, 0.25) is 0 Å². The molecule has 16 nitrogen and oxygen atoms in total. The van der Waals surface area contributed by atoms with Crippen LogP contribution in [-0.2, 0) is 0 Å². The Morgan fingerprint density at radius 3 is 1.70 bits per heavy atom. The Morgan fingerprint density at radius 1 is 0.667 bits per heavy atom. The zero-order valence-corrected chi connectivity index (χ0v) is 33.3. The molecule has 0 aliphatic heterocycles. The first-order chi connectivity index (χ1) is 29.1. The fourth-order valence-electron chi connectivity index (χ4n) is 6.68. The van der Waals surface area contributed by atoms with Crippen LogP contribution >= 0.6 is 23.2 Å². The van der Waals surface area contributed by atoms with E-state index in [4.69, 9.17) is 38.9 Å². The van der Waals surface area contributed by atoms with Crippen LogP contribution in [0.1, 0.15) is 43.1 Å². The lowest BCUT2D eigenvalue weighted by Crippen LogP contribution is -2.27. The molecule has 9 rings (SSSR count). The number of nitrogens with one attached hydrogen (secondary N) is 3. The average Bonchev–Trinajstić information content (AvgIpc) is 3.75. The molecular weight excluding hydrogens is 803 g/mol. The second-order valence-corrected chi connectivity index (χ2v) is 14.1. The van der Waals surface area contributed by atoms with Crippen LogP contribution in [0.15, 0.2) is 126 Å². The summed E-state index contributed by atoms with van der Waals surface area (Å²) >= 11 is 12.6. The normalized spacial score (nSPS) is 12.1. The van der Waals surface area contributed by atoms with Crippen molar-refractivity contribution in [2.75, 3.05) is 16.4 Å². The van der Waals surface area contributed by atoms with Gasteiger partial charge in [-0.2, -0.15) is 5.26 Å². The van der Waals surface area contributed by atoms with Crippen LogP contribution in [0.2, 0.25) is 10.0 Å². The Balaban J connectivity index is 0.000000166. The quantitative estimate of drug-likeness (QED) is 0.118. The van der Waals surface area contributed by atoms with E-state index in [0.29, 0.717) is 71.9 Å². The maximum Gasteiger partial charge on any atom is 0.267 e. The monoisotopic (exact) mass is 834 g/mol. The van der Waals surface area contributed by atoms with Crippen molar-refractivity contribution in [1.29, 1.82) is 5.26 Å². The zero-order valence-electron chi connectivity index (χ0n) is 31.7. The number of hydrogen-bond acceptors (Lipinski definition) is 13. The van der Waals surface area contributed by atoms with Crippen molar-refractivity contribution in [3.8, 4) is 17.4 Å². The number of imidazole rings is 1. The molecule has 0 amide bonds. The van der Waals surface area contributed by atoms with Gasteiger partial charge in [-0.1, -0.05) is 71.7 Å². The molecule has 0 aliphatic rings. The summed E-state index contributed by atoms with van der Waals surface area (Å²) in [6.07, 6.45) is 4.27. The van der Waals surface area contributed by atoms with Gasteiger partial charge in [0, 0.05) is 0 Å². The molecule has 60 heavy (non-hydrogen) atoms. The van der Waals surface area contributed by atoms with Crippen LogP contribution in [0.3, 0.4) is 0 Å². The summed E-state index contributed by atoms with van der Waals surface area (Å²) in [5.41, 5.74) is 8.99. The van der Waals surface area contributed by atoms with Crippen molar-refractivity contribution in [2.45, 2.75) is 25.9 Å². The standard InChI is InChI=1S/2C21H16ClN7O/c1-12(27-19-17-18(24-10-23-17)25-11-26-19)20-28-15-9-5-8-14(22)16(15)21(30)29(20)13-6-3-2-4-7-13;1-12(27-19-14(10-23)18(24)25-11-26-19)20-28-16-9-5-8-15(22)17(16)21(30)29(20)13-6-3-2-4-7-13/h2-12H,1H3,(H2,23,24,25,26,27);2-9,11-12H,1H3,(H3,24,25,26,27)/t2*12-/m00/s1. The topological polar surface area (TPSA) is 224 Å². The van der Waals surface area contributed by atoms with Crippen molar-refractivity contribution in [3.05, 3.63) is 164 Å². The number of para-hydroxylation sites is 2. The smallest absolute Gasteiger partial charge is 0.267 e. The molecule has 0 unspecified atom stereocenters. The molecule has 9 aromatic rings. The van der Waals surface area contributed by atoms with E-state index in [1.807, 2.05) is 80.6 Å². The second kappa shape index (κ2) is 16.6. The third-order valence-electron chi connectivity index (χ3n) is 9.47. The highest BCUT2D eigenvalue weighted by molar-refractivity contribution is 6.35. The maximum atomic E-state index is 13.5. The molecule has 2 atom stereocenters. The number of rotatable bonds is 8. The summed E-state index contributed by atoms with van der Waals surface area (Å²) in [5.74, 6) is 1.87. The maximum absolute atomic E-state index is 13.5. The third kappa shape index (κ3) is 7.41. The fourth-order valence-corrected chi connectivity index (χ4v) is 7.18. The number of aromatic nitrogens is 10. The summed E-state index contributed by atoms with van der Waals surface area (Å²) < 4.78 is 3.08. The minimum Gasteiger partial charge on any atom is -0.382 e. The van der Waals surface area contributed by atoms with Crippen molar-refractivity contribution in [2.24, 2.45) is 0 Å². The van der Waals surface area contributed by atoms with E-state index in [1.54, 1.807) is 47.3 Å². The number of nitrogens with two attached hydrogens (primary N) is 1. The van der Waals surface area contributed by atoms with Gasteiger partial charge in [-0.05, 0) is 62.4 Å². The fraction of sp³-hybridized carbons (Fsp3) is 0.0952. The van der Waals surface area contributed by atoms with E-state index in [1.165, 1.54) is 17.2 Å². The predicted molar refractivity (Wildman–Crippen MR) is 232 cm³/mol. The van der Waals surface area contributed by atoms with Crippen LogP contribution in [0.4, 0.5) is 17.5 Å². The first-order valence-electron chi connectivity index (χ1n) is 18.4. The molecule has 0 aliphatic carbocycles. The first kappa shape index (κ1) is 39.1. The molecule has 296 valence electrons. The minimum absolute atomic E-state index is 0.0703. The summed E-state index contributed by atoms with van der Waals surface area (Å²) in [6.45, 7) is 3.74. The van der Waals surface area contributed by atoms with Crippen molar-refractivity contribution < 1.29 is 0 Å². The zero-order chi connectivity index (χ0) is 41.9. The van der Waals surface area contributed by atoms with E-state index >= 15 is 0 Å². The van der Waals surface area contributed by atoms with Crippen molar-refractivity contribution in [3.63, 3.8) is 0 Å². The van der Waals surface area contributed by atoms with Gasteiger partial charge < -0.3 is 21.4 Å². The lowest BCUT2D eigenvalue weighted by Gasteiger charge is -2.20. The molecule has 0 fully saturated rings. The largest absolute Gasteiger partial charge is 0.382 e. The van der Waals surface area contributed by atoms with Gasteiger partial charge in [-0.15, -0.1) is 0 Å². The van der Waals surface area contributed by atoms with Gasteiger partial charge >= 0.3 is 0 Å². The van der Waals surface area contributed by atoms with E-state index < -0.39 is 6.04 Å². The van der Waals surface area contributed by atoms with Crippen molar-refractivity contribution >= 4 is 73.6 Å². The van der Waals surface area contributed by atoms with Crippen molar-refractivity contribution in [1.82, 2.24) is 49.0 Å². The molecule has 5 heterocycles. The summed E-state index contributed by atoms with van der Waals surface area (Å²) in [5, 5.41) is 17.3. The van der Waals surface area contributed by atoms with Gasteiger partial charge in [-0.25, -0.2) is 34.9 Å². The predicted octanol–water partition coefficient (Wildman–Crippen LogP) is 7.33. The van der Waals surface area contributed by atoms with Crippen LogP contribution in [0, 0.1) is 11.3 Å². The van der Waals surface area contributed by atoms with Gasteiger partial charge in [0.25, 0.3) is 11.1 Å². The van der Waals surface area contributed by atoms with Crippen LogP contribution < -0.4 is 27.5 Å². The number of aromatic amines is 1. The Hall–Kier alpha value is -7.74. The highest BCUT2D eigenvalue weighted by atomic mass is 35.5. The molecular formula is C42H32Cl2N14O2. The number of nitrogen functional groups attached to an aromatic ring is 1. The molecule has 5 N–H and O–H groups in total. The third-order valence-corrected chi connectivity index (χ3v) is 10.1. The average molecular weight is 836 g/mol. The summed E-state index contributed by atoms with van der Waals surface area (Å²) in [7, 11) is 0. The summed E-state index contributed by atoms with van der Waals surface area (Å²) in [6, 6.07) is 30.0. The molecule has 0 spiro atoms. The van der Waals surface area contributed by atoms with Crippen LogP contribution in [0.25, 0.3) is 44.3 Å². The van der Waals surface area contributed by atoms with Gasteiger partial charge in [0.1, 0.15) is 53.1 Å². The Labute approximate surface area is 350 Å². The number of nitrogens with zero attached hydrogens (tertiary/aromatic N) is 10. The van der Waals surface area contributed by atoms with Crippen LogP contribution in [-0.4, -0.2) is 49.0 Å². The lowest BCUT2D eigenvalue weighted by atomic mass is 10.2. The Morgan fingerprint density at radius 2 is 1.17 bits per heavy atom. The number of hydrogen-bond donors (Lipinski definition) is 4. The first-order valence-corrected chi connectivity index (χ1v) is 19.1. The second-order valence-electron chi connectivity index (χ2n) is 13.3.